The fourth-order valence-corrected chi connectivity index (χ4v) is 1.12. The molecule has 2 N–H and O–H groups in total. The van der Waals surface area contributed by atoms with Gasteiger partial charge in [0.25, 0.3) is 0 Å². The van der Waals surface area contributed by atoms with Crippen molar-refractivity contribution in [1.29, 1.82) is 0 Å². The maximum Gasteiger partial charge on any atom is 0.141 e. The highest BCUT2D eigenvalue weighted by molar-refractivity contribution is 5.36. The van der Waals surface area contributed by atoms with Crippen molar-refractivity contribution in [2.45, 2.75) is 0 Å². The van der Waals surface area contributed by atoms with Crippen LogP contribution in [0.1, 0.15) is 0 Å². The van der Waals surface area contributed by atoms with Crippen LogP contribution in [0.2, 0.25) is 0 Å². The van der Waals surface area contributed by atoms with E-state index in [2.05, 4.69) is 4.98 Å². The van der Waals surface area contributed by atoms with Crippen LogP contribution in [-0.2, 0) is 0 Å². The average Bonchev–Trinajstić information content (AvgIpc) is 2.52. The molecule has 2 aromatic rings. The summed E-state index contributed by atoms with van der Waals surface area (Å²) in [5, 5.41) is 0. The Balaban J connectivity index is 2.46. The highest BCUT2D eigenvalue weighted by Gasteiger charge is 1.98. The summed E-state index contributed by atoms with van der Waals surface area (Å²) in [6.07, 6.45) is 3.18. The molecular formula is C9H8FN3. The molecule has 0 saturated heterocycles. The van der Waals surface area contributed by atoms with Gasteiger partial charge in [0.1, 0.15) is 18.0 Å². The molecule has 1 heterocycles. The van der Waals surface area contributed by atoms with Crippen LogP contribution in [0.25, 0.3) is 5.69 Å². The number of halogens is 1. The second-order valence-electron chi connectivity index (χ2n) is 2.69. The smallest absolute Gasteiger partial charge is 0.141 e. The van der Waals surface area contributed by atoms with Crippen LogP contribution >= 0.6 is 0 Å². The van der Waals surface area contributed by atoms with Gasteiger partial charge in [-0.2, -0.15) is 0 Å². The van der Waals surface area contributed by atoms with Crippen LogP contribution in [-0.4, -0.2) is 9.55 Å². The molecule has 2 rings (SSSR count). The molecule has 66 valence electrons. The number of rotatable bonds is 1. The standard InChI is InChI=1S/C9H8FN3/c10-7-2-1-3-8(4-7)13-5-9(11)12-6-13/h1-6H,11H2. The Labute approximate surface area is 74.6 Å². The van der Waals surface area contributed by atoms with Crippen LogP contribution < -0.4 is 5.73 Å². The molecule has 1 aromatic carbocycles. The van der Waals surface area contributed by atoms with E-state index in [1.165, 1.54) is 12.1 Å². The maximum absolute atomic E-state index is 12.8. The average molecular weight is 177 g/mol. The number of benzene rings is 1. The summed E-state index contributed by atoms with van der Waals surface area (Å²) in [6.45, 7) is 0. The largest absolute Gasteiger partial charge is 0.382 e. The quantitative estimate of drug-likeness (QED) is 0.718. The van der Waals surface area contributed by atoms with Crippen molar-refractivity contribution in [3.63, 3.8) is 0 Å². The molecule has 4 heteroatoms. The van der Waals surface area contributed by atoms with Gasteiger partial charge in [0.05, 0.1) is 6.20 Å². The van der Waals surface area contributed by atoms with E-state index in [9.17, 15) is 4.39 Å². The lowest BCUT2D eigenvalue weighted by atomic mass is 10.3. The SMILES string of the molecule is Nc1cn(-c2cccc(F)c2)cn1. The highest BCUT2D eigenvalue weighted by Crippen LogP contribution is 2.10. The molecule has 0 radical (unpaired) electrons. The summed E-state index contributed by atoms with van der Waals surface area (Å²) in [6, 6.07) is 6.23. The first-order valence-electron chi connectivity index (χ1n) is 3.81. The molecule has 0 fully saturated rings. The molecule has 0 amide bonds. The monoisotopic (exact) mass is 177 g/mol. The van der Waals surface area contributed by atoms with Gasteiger partial charge < -0.3 is 10.3 Å². The number of nitrogen functional groups attached to an aromatic ring is 1. The Morgan fingerprint density at radius 2 is 2.23 bits per heavy atom. The van der Waals surface area contributed by atoms with Crippen LogP contribution in [0.15, 0.2) is 36.8 Å². The summed E-state index contributed by atoms with van der Waals surface area (Å²) in [5.74, 6) is 0.147. The van der Waals surface area contributed by atoms with Crippen molar-refractivity contribution in [2.24, 2.45) is 0 Å². The molecule has 0 spiro atoms. The maximum atomic E-state index is 12.8. The van der Waals surface area contributed by atoms with Crippen molar-refractivity contribution in [3.8, 4) is 5.69 Å². The Morgan fingerprint density at radius 1 is 1.38 bits per heavy atom. The van der Waals surface area contributed by atoms with Crippen molar-refractivity contribution < 1.29 is 4.39 Å². The Kier molecular flexibility index (Phi) is 1.73. The molecule has 0 atom stereocenters. The fourth-order valence-electron chi connectivity index (χ4n) is 1.12. The van der Waals surface area contributed by atoms with Crippen LogP contribution in [0.5, 0.6) is 0 Å². The van der Waals surface area contributed by atoms with E-state index in [-0.39, 0.29) is 5.82 Å². The molecule has 13 heavy (non-hydrogen) atoms. The Bertz CT molecular complexity index is 422. The summed E-state index contributed by atoms with van der Waals surface area (Å²) in [7, 11) is 0. The van der Waals surface area contributed by atoms with E-state index in [4.69, 9.17) is 5.73 Å². The highest BCUT2D eigenvalue weighted by atomic mass is 19.1. The molecule has 1 aromatic heterocycles. The van der Waals surface area contributed by atoms with E-state index in [0.29, 0.717) is 11.5 Å². The minimum atomic E-state index is -0.273. The second kappa shape index (κ2) is 2.90. The minimum absolute atomic E-state index is 0.273. The predicted octanol–water partition coefficient (Wildman–Crippen LogP) is 1.59. The number of hydrogen-bond donors (Lipinski definition) is 1. The van der Waals surface area contributed by atoms with E-state index in [1.54, 1.807) is 29.2 Å². The number of nitrogens with two attached hydrogens (primary N) is 1. The van der Waals surface area contributed by atoms with Crippen molar-refractivity contribution in [1.82, 2.24) is 9.55 Å². The van der Waals surface area contributed by atoms with Gasteiger partial charge in [0.15, 0.2) is 0 Å². The third-order valence-electron chi connectivity index (χ3n) is 1.71. The lowest BCUT2D eigenvalue weighted by Gasteiger charge is -2.00. The topological polar surface area (TPSA) is 43.8 Å². The summed E-state index contributed by atoms with van der Waals surface area (Å²) in [4.78, 5) is 3.84. The molecule has 0 unspecified atom stereocenters. The van der Waals surface area contributed by atoms with Crippen molar-refractivity contribution >= 4 is 5.82 Å². The lowest BCUT2D eigenvalue weighted by Crippen LogP contribution is -1.90. The third kappa shape index (κ3) is 1.51. The molecule has 0 aliphatic rings. The molecule has 0 bridgehead atoms. The van der Waals surface area contributed by atoms with Crippen molar-refractivity contribution in [3.05, 3.63) is 42.6 Å². The summed E-state index contributed by atoms with van der Waals surface area (Å²) < 4.78 is 14.5. The van der Waals surface area contributed by atoms with Crippen LogP contribution in [0, 0.1) is 5.82 Å². The fraction of sp³-hybridized carbons (Fsp3) is 0. The van der Waals surface area contributed by atoms with E-state index in [1.807, 2.05) is 0 Å². The van der Waals surface area contributed by atoms with Crippen molar-refractivity contribution in [2.75, 3.05) is 5.73 Å². The summed E-state index contributed by atoms with van der Waals surface area (Å²) in [5.41, 5.74) is 6.14. The van der Waals surface area contributed by atoms with Gasteiger partial charge in [-0.1, -0.05) is 6.07 Å². The van der Waals surface area contributed by atoms with Gasteiger partial charge in [0, 0.05) is 5.69 Å². The third-order valence-corrected chi connectivity index (χ3v) is 1.71. The van der Waals surface area contributed by atoms with Gasteiger partial charge in [-0.3, -0.25) is 0 Å². The number of imidazole rings is 1. The predicted molar refractivity (Wildman–Crippen MR) is 47.9 cm³/mol. The molecule has 0 aliphatic heterocycles. The zero-order valence-electron chi connectivity index (χ0n) is 6.81. The van der Waals surface area contributed by atoms with Gasteiger partial charge in [-0.25, -0.2) is 9.37 Å². The zero-order valence-corrected chi connectivity index (χ0v) is 6.81. The number of nitrogens with zero attached hydrogens (tertiary/aromatic N) is 2. The lowest BCUT2D eigenvalue weighted by molar-refractivity contribution is 0.626. The zero-order chi connectivity index (χ0) is 9.26. The van der Waals surface area contributed by atoms with Gasteiger partial charge >= 0.3 is 0 Å². The minimum Gasteiger partial charge on any atom is -0.382 e. The second-order valence-corrected chi connectivity index (χ2v) is 2.69. The van der Waals surface area contributed by atoms with E-state index in [0.717, 1.165) is 0 Å². The molecular weight excluding hydrogens is 169 g/mol. The number of aromatic nitrogens is 2. The Morgan fingerprint density at radius 3 is 2.85 bits per heavy atom. The first-order valence-corrected chi connectivity index (χ1v) is 3.81. The van der Waals surface area contributed by atoms with E-state index < -0.39 is 0 Å². The van der Waals surface area contributed by atoms with Gasteiger partial charge in [0.2, 0.25) is 0 Å². The number of hydrogen-bond acceptors (Lipinski definition) is 2. The Hall–Kier alpha value is -1.84. The van der Waals surface area contributed by atoms with Gasteiger partial charge in [-0.15, -0.1) is 0 Å². The van der Waals surface area contributed by atoms with Crippen LogP contribution in [0.3, 0.4) is 0 Å². The normalized spacial score (nSPS) is 10.2. The van der Waals surface area contributed by atoms with Gasteiger partial charge in [-0.05, 0) is 18.2 Å². The van der Waals surface area contributed by atoms with E-state index >= 15 is 0 Å². The molecule has 3 nitrogen and oxygen atoms in total. The first kappa shape index (κ1) is 7.79. The number of anilines is 1. The summed E-state index contributed by atoms with van der Waals surface area (Å²) >= 11 is 0. The first-order chi connectivity index (χ1) is 6.25. The molecule has 0 aliphatic carbocycles. The van der Waals surface area contributed by atoms with Crippen LogP contribution in [0.4, 0.5) is 10.2 Å². The molecule has 0 saturated carbocycles.